The van der Waals surface area contributed by atoms with Crippen molar-refractivity contribution < 1.29 is 4.74 Å². The molecule has 0 aliphatic rings. The van der Waals surface area contributed by atoms with E-state index in [0.717, 1.165) is 38.3 Å². The molecule has 0 aliphatic carbocycles. The first kappa shape index (κ1) is 13.3. The number of alkyl halides is 1. The summed E-state index contributed by atoms with van der Waals surface area (Å²) in [6.07, 6.45) is 1.98. The van der Waals surface area contributed by atoms with Crippen LogP contribution in [0.3, 0.4) is 0 Å². The number of rotatable bonds is 8. The molecule has 1 rings (SSSR count). The summed E-state index contributed by atoms with van der Waals surface area (Å²) in [7, 11) is 0. The van der Waals surface area contributed by atoms with Crippen molar-refractivity contribution >= 4 is 17.3 Å². The smallest absolute Gasteiger partial charge is 0.0482 e. The molecule has 0 atom stereocenters. The van der Waals surface area contributed by atoms with Crippen molar-refractivity contribution in [2.45, 2.75) is 19.8 Å². The Hall–Kier alpha value is -0.730. The zero-order valence-corrected chi connectivity index (χ0v) is 10.6. The largest absolute Gasteiger partial charge is 0.385 e. The molecule has 0 bridgehead atoms. The molecule has 90 valence electrons. The summed E-state index contributed by atoms with van der Waals surface area (Å²) < 4.78 is 5.27. The lowest BCUT2D eigenvalue weighted by atomic mass is 10.1. The predicted octanol–water partition coefficient (Wildman–Crippen LogP) is 3.31. The van der Waals surface area contributed by atoms with E-state index in [9.17, 15) is 0 Å². The Kier molecular flexibility index (Phi) is 7.02. The van der Waals surface area contributed by atoms with E-state index in [-0.39, 0.29) is 0 Å². The van der Waals surface area contributed by atoms with E-state index in [1.54, 1.807) is 0 Å². The maximum Gasteiger partial charge on any atom is 0.0482 e. The summed E-state index contributed by atoms with van der Waals surface area (Å²) >= 11 is 5.68. The summed E-state index contributed by atoms with van der Waals surface area (Å²) in [6.45, 7) is 4.60. The molecule has 0 unspecified atom stereocenters. The van der Waals surface area contributed by atoms with Gasteiger partial charge in [-0.3, -0.25) is 0 Å². The summed E-state index contributed by atoms with van der Waals surface area (Å²) in [5.41, 5.74) is 2.45. The summed E-state index contributed by atoms with van der Waals surface area (Å²) in [4.78, 5) is 0. The van der Waals surface area contributed by atoms with E-state index in [4.69, 9.17) is 16.3 Å². The van der Waals surface area contributed by atoms with Crippen molar-refractivity contribution in [2.75, 3.05) is 31.0 Å². The zero-order valence-electron chi connectivity index (χ0n) is 9.84. The molecule has 16 heavy (non-hydrogen) atoms. The lowest BCUT2D eigenvalue weighted by Gasteiger charge is -2.07. The van der Waals surface area contributed by atoms with Crippen molar-refractivity contribution in [2.24, 2.45) is 0 Å². The van der Waals surface area contributed by atoms with Crippen LogP contribution in [0.4, 0.5) is 5.69 Å². The van der Waals surface area contributed by atoms with Crippen LogP contribution in [0.25, 0.3) is 0 Å². The van der Waals surface area contributed by atoms with Crippen LogP contribution in [0.2, 0.25) is 0 Å². The van der Waals surface area contributed by atoms with Gasteiger partial charge in [0.25, 0.3) is 0 Å². The fraction of sp³-hybridized carbons (Fsp3) is 0.538. The number of hydrogen-bond acceptors (Lipinski definition) is 2. The highest BCUT2D eigenvalue weighted by Gasteiger charge is 1.94. The number of benzene rings is 1. The molecule has 0 aliphatic heterocycles. The summed E-state index contributed by atoms with van der Waals surface area (Å²) in [5, 5.41) is 3.36. The van der Waals surface area contributed by atoms with Crippen LogP contribution in [-0.4, -0.2) is 25.6 Å². The Balaban J connectivity index is 2.21. The van der Waals surface area contributed by atoms with Crippen LogP contribution in [-0.2, 0) is 11.2 Å². The fourth-order valence-electron chi connectivity index (χ4n) is 1.45. The van der Waals surface area contributed by atoms with Gasteiger partial charge in [0, 0.05) is 31.3 Å². The molecule has 0 heterocycles. The first-order valence-electron chi connectivity index (χ1n) is 5.83. The number of hydrogen-bond donors (Lipinski definition) is 1. The van der Waals surface area contributed by atoms with Crippen molar-refractivity contribution in [1.29, 1.82) is 0 Å². The highest BCUT2D eigenvalue weighted by atomic mass is 35.5. The van der Waals surface area contributed by atoms with Gasteiger partial charge in [-0.15, -0.1) is 11.6 Å². The second-order valence-electron chi connectivity index (χ2n) is 3.61. The number of aryl methyl sites for hydroxylation is 1. The molecule has 0 radical (unpaired) electrons. The van der Waals surface area contributed by atoms with Gasteiger partial charge in [-0.2, -0.15) is 0 Å². The molecule has 1 aromatic carbocycles. The average Bonchev–Trinajstić information content (AvgIpc) is 2.31. The van der Waals surface area contributed by atoms with E-state index in [1.165, 1.54) is 5.56 Å². The normalized spacial score (nSPS) is 10.4. The van der Waals surface area contributed by atoms with Gasteiger partial charge in [0.15, 0.2) is 0 Å². The molecular formula is C13H20ClNO. The topological polar surface area (TPSA) is 21.3 Å². The van der Waals surface area contributed by atoms with Crippen molar-refractivity contribution in [1.82, 2.24) is 0 Å². The third-order valence-electron chi connectivity index (χ3n) is 2.34. The molecule has 0 amide bonds. The van der Waals surface area contributed by atoms with Crippen LogP contribution in [0.15, 0.2) is 24.3 Å². The van der Waals surface area contributed by atoms with Gasteiger partial charge in [-0.25, -0.2) is 0 Å². The Labute approximate surface area is 103 Å². The van der Waals surface area contributed by atoms with E-state index < -0.39 is 0 Å². The van der Waals surface area contributed by atoms with Crippen LogP contribution in [0, 0.1) is 0 Å². The van der Waals surface area contributed by atoms with E-state index >= 15 is 0 Å². The van der Waals surface area contributed by atoms with Gasteiger partial charge in [-0.05, 0) is 37.5 Å². The van der Waals surface area contributed by atoms with Crippen LogP contribution in [0.5, 0.6) is 0 Å². The second-order valence-corrected chi connectivity index (χ2v) is 3.99. The molecule has 1 N–H and O–H groups in total. The fourth-order valence-corrected chi connectivity index (χ4v) is 1.67. The average molecular weight is 242 g/mol. The Morgan fingerprint density at radius 2 is 2.00 bits per heavy atom. The first-order chi connectivity index (χ1) is 7.86. The number of nitrogens with one attached hydrogen (secondary N) is 1. The maximum absolute atomic E-state index is 5.68. The Bertz CT molecular complexity index is 274. The van der Waals surface area contributed by atoms with E-state index in [0.29, 0.717) is 5.88 Å². The first-order valence-corrected chi connectivity index (χ1v) is 6.36. The van der Waals surface area contributed by atoms with Crippen molar-refractivity contribution in [3.05, 3.63) is 29.8 Å². The summed E-state index contributed by atoms with van der Waals surface area (Å²) in [6, 6.07) is 8.44. The third-order valence-corrected chi connectivity index (χ3v) is 2.52. The zero-order chi connectivity index (χ0) is 11.6. The molecule has 0 aromatic heterocycles. The Morgan fingerprint density at radius 3 is 2.62 bits per heavy atom. The number of ether oxygens (including phenoxy) is 1. The lowest BCUT2D eigenvalue weighted by molar-refractivity contribution is 0.147. The van der Waals surface area contributed by atoms with E-state index in [2.05, 4.69) is 29.6 Å². The minimum absolute atomic E-state index is 0.682. The molecule has 0 saturated carbocycles. The SMILES string of the molecule is CCOCCCNc1ccc(CCCl)cc1. The van der Waals surface area contributed by atoms with E-state index in [1.807, 2.05) is 6.92 Å². The second kappa shape index (κ2) is 8.43. The molecule has 3 heteroatoms. The van der Waals surface area contributed by atoms with Gasteiger partial charge >= 0.3 is 0 Å². The van der Waals surface area contributed by atoms with Crippen LogP contribution < -0.4 is 5.32 Å². The van der Waals surface area contributed by atoms with Crippen molar-refractivity contribution in [3.63, 3.8) is 0 Å². The Morgan fingerprint density at radius 1 is 1.25 bits per heavy atom. The van der Waals surface area contributed by atoms with Crippen LogP contribution >= 0.6 is 11.6 Å². The number of anilines is 1. The molecule has 0 saturated heterocycles. The third kappa shape index (κ3) is 5.38. The molecule has 1 aromatic rings. The maximum atomic E-state index is 5.68. The highest BCUT2D eigenvalue weighted by molar-refractivity contribution is 6.17. The van der Waals surface area contributed by atoms with Gasteiger partial charge in [-0.1, -0.05) is 12.1 Å². The quantitative estimate of drug-likeness (QED) is 0.557. The molecule has 0 spiro atoms. The van der Waals surface area contributed by atoms with Gasteiger partial charge in [0.2, 0.25) is 0 Å². The van der Waals surface area contributed by atoms with Gasteiger partial charge in [0.1, 0.15) is 0 Å². The molecule has 0 fully saturated rings. The molecule has 2 nitrogen and oxygen atoms in total. The minimum atomic E-state index is 0.682. The standard InChI is InChI=1S/C13H20ClNO/c1-2-16-11-3-10-15-13-6-4-12(5-7-13)8-9-14/h4-7,15H,2-3,8-11H2,1H3. The number of halogens is 1. The monoisotopic (exact) mass is 241 g/mol. The van der Waals surface area contributed by atoms with Gasteiger partial charge < -0.3 is 10.1 Å². The minimum Gasteiger partial charge on any atom is -0.385 e. The highest BCUT2D eigenvalue weighted by Crippen LogP contribution is 2.10. The van der Waals surface area contributed by atoms with Gasteiger partial charge in [0.05, 0.1) is 0 Å². The lowest BCUT2D eigenvalue weighted by Crippen LogP contribution is -2.05. The van der Waals surface area contributed by atoms with Crippen molar-refractivity contribution in [3.8, 4) is 0 Å². The summed E-state index contributed by atoms with van der Waals surface area (Å²) in [5.74, 6) is 0.682. The predicted molar refractivity (Wildman–Crippen MR) is 70.5 cm³/mol. The van der Waals surface area contributed by atoms with Crippen LogP contribution in [0.1, 0.15) is 18.9 Å². The molecular weight excluding hydrogens is 222 g/mol.